The van der Waals surface area contributed by atoms with Crippen LogP contribution in [0.5, 0.6) is 0 Å². The Morgan fingerprint density at radius 1 is 1.50 bits per heavy atom. The van der Waals surface area contributed by atoms with Crippen molar-refractivity contribution in [2.75, 3.05) is 27.2 Å². The first-order valence-electron chi connectivity index (χ1n) is 6.33. The largest absolute Gasteiger partial charge is 0.380 e. The molecule has 3 nitrogen and oxygen atoms in total. The molecule has 1 aromatic rings. The summed E-state index contributed by atoms with van der Waals surface area (Å²) in [6.07, 6.45) is 1.12. The summed E-state index contributed by atoms with van der Waals surface area (Å²) in [5.74, 6) is 0.595. The van der Waals surface area contributed by atoms with Gasteiger partial charge in [0.25, 0.3) is 0 Å². The molecule has 1 aliphatic heterocycles. The molecular weight excluding hydrogens is 248 g/mol. The minimum Gasteiger partial charge on any atom is -0.380 e. The zero-order valence-corrected chi connectivity index (χ0v) is 11.8. The number of nitrogens with two attached hydrogens (primary N) is 1. The Hall–Kier alpha value is -0.610. The van der Waals surface area contributed by atoms with Crippen LogP contribution in [-0.2, 0) is 11.3 Å². The van der Waals surface area contributed by atoms with E-state index in [4.69, 9.17) is 22.1 Å². The molecular formula is C14H21ClN2O. The standard InChI is InChI=1S/C14H21ClN2O/c1-17-8-10(7-16)5-14(17)11-3-4-12(9-18-2)13(15)6-11/h3-4,6,10,14H,5,7-9,16H2,1-2H3. The summed E-state index contributed by atoms with van der Waals surface area (Å²) >= 11 is 6.28. The summed E-state index contributed by atoms with van der Waals surface area (Å²) in [7, 11) is 3.83. The summed E-state index contributed by atoms with van der Waals surface area (Å²) in [4.78, 5) is 2.36. The molecule has 0 amide bonds. The van der Waals surface area contributed by atoms with Crippen LogP contribution in [0.4, 0.5) is 0 Å². The molecule has 1 heterocycles. The van der Waals surface area contributed by atoms with Crippen molar-refractivity contribution in [3.63, 3.8) is 0 Å². The molecule has 1 saturated heterocycles. The molecule has 0 radical (unpaired) electrons. The lowest BCUT2D eigenvalue weighted by Gasteiger charge is -2.20. The fourth-order valence-electron chi connectivity index (χ4n) is 2.71. The van der Waals surface area contributed by atoms with E-state index >= 15 is 0 Å². The average molecular weight is 269 g/mol. The molecule has 0 spiro atoms. The first-order chi connectivity index (χ1) is 8.65. The lowest BCUT2D eigenvalue weighted by atomic mass is 9.99. The molecule has 0 saturated carbocycles. The van der Waals surface area contributed by atoms with Gasteiger partial charge < -0.3 is 10.5 Å². The quantitative estimate of drug-likeness (QED) is 0.912. The molecule has 0 bridgehead atoms. The van der Waals surface area contributed by atoms with E-state index in [0.29, 0.717) is 18.6 Å². The van der Waals surface area contributed by atoms with Crippen LogP contribution in [0.3, 0.4) is 0 Å². The predicted octanol–water partition coefficient (Wildman–Crippen LogP) is 2.44. The maximum atomic E-state index is 6.28. The molecule has 100 valence electrons. The number of methoxy groups -OCH3 is 1. The average Bonchev–Trinajstić information content (AvgIpc) is 2.73. The second kappa shape index (κ2) is 6.02. The highest BCUT2D eigenvalue weighted by molar-refractivity contribution is 6.31. The van der Waals surface area contributed by atoms with Crippen LogP contribution in [0.2, 0.25) is 5.02 Å². The van der Waals surface area contributed by atoms with E-state index in [1.807, 2.05) is 0 Å². The van der Waals surface area contributed by atoms with Crippen LogP contribution < -0.4 is 5.73 Å². The van der Waals surface area contributed by atoms with Gasteiger partial charge in [-0.05, 0) is 43.1 Å². The molecule has 18 heavy (non-hydrogen) atoms. The lowest BCUT2D eigenvalue weighted by Crippen LogP contribution is -2.20. The first kappa shape index (κ1) is 13.8. The van der Waals surface area contributed by atoms with Crippen LogP contribution in [-0.4, -0.2) is 32.1 Å². The molecule has 0 aliphatic carbocycles. The topological polar surface area (TPSA) is 38.5 Å². The molecule has 2 atom stereocenters. The molecule has 2 unspecified atom stereocenters. The van der Waals surface area contributed by atoms with Gasteiger partial charge in [-0.25, -0.2) is 0 Å². The Morgan fingerprint density at radius 3 is 2.83 bits per heavy atom. The van der Waals surface area contributed by atoms with Gasteiger partial charge in [0.05, 0.1) is 6.61 Å². The third kappa shape index (κ3) is 2.86. The van der Waals surface area contributed by atoms with Gasteiger partial charge in [-0.2, -0.15) is 0 Å². The number of hydrogen-bond donors (Lipinski definition) is 1. The summed E-state index contributed by atoms with van der Waals surface area (Å²) in [5.41, 5.74) is 8.08. The highest BCUT2D eigenvalue weighted by Crippen LogP contribution is 2.35. The molecule has 2 N–H and O–H groups in total. The zero-order valence-electron chi connectivity index (χ0n) is 11.0. The van der Waals surface area contributed by atoms with Gasteiger partial charge in [0.15, 0.2) is 0 Å². The van der Waals surface area contributed by atoms with Crippen LogP contribution in [0.25, 0.3) is 0 Å². The smallest absolute Gasteiger partial charge is 0.0727 e. The highest BCUT2D eigenvalue weighted by atomic mass is 35.5. The van der Waals surface area contributed by atoms with Crippen molar-refractivity contribution in [3.05, 3.63) is 34.3 Å². The maximum Gasteiger partial charge on any atom is 0.0727 e. The van der Waals surface area contributed by atoms with Gasteiger partial charge in [0, 0.05) is 24.7 Å². The fourth-order valence-corrected chi connectivity index (χ4v) is 2.95. The van der Waals surface area contributed by atoms with Crippen LogP contribution >= 0.6 is 11.6 Å². The second-order valence-electron chi connectivity index (χ2n) is 5.08. The van der Waals surface area contributed by atoms with E-state index in [1.165, 1.54) is 5.56 Å². The molecule has 1 aromatic carbocycles. The van der Waals surface area contributed by atoms with Gasteiger partial charge in [-0.3, -0.25) is 4.90 Å². The monoisotopic (exact) mass is 268 g/mol. The Kier molecular flexibility index (Phi) is 4.62. The van der Waals surface area contributed by atoms with Crippen molar-refractivity contribution in [2.45, 2.75) is 19.1 Å². The first-order valence-corrected chi connectivity index (χ1v) is 6.71. The molecule has 1 aliphatic rings. The van der Waals surface area contributed by atoms with Crippen molar-refractivity contribution in [1.82, 2.24) is 4.90 Å². The summed E-state index contributed by atoms with van der Waals surface area (Å²) in [6, 6.07) is 6.72. The van der Waals surface area contributed by atoms with Gasteiger partial charge in [0.1, 0.15) is 0 Å². The number of rotatable bonds is 4. The number of halogens is 1. The number of nitrogens with zero attached hydrogens (tertiary/aromatic N) is 1. The molecule has 1 fully saturated rings. The number of benzene rings is 1. The van der Waals surface area contributed by atoms with Gasteiger partial charge in [-0.1, -0.05) is 23.7 Å². The number of hydrogen-bond acceptors (Lipinski definition) is 3. The highest BCUT2D eigenvalue weighted by Gasteiger charge is 2.29. The van der Waals surface area contributed by atoms with Gasteiger partial charge in [0.2, 0.25) is 0 Å². The second-order valence-corrected chi connectivity index (χ2v) is 5.48. The van der Waals surface area contributed by atoms with Crippen molar-refractivity contribution in [2.24, 2.45) is 11.7 Å². The van der Waals surface area contributed by atoms with Gasteiger partial charge >= 0.3 is 0 Å². The van der Waals surface area contributed by atoms with Crippen LogP contribution in [0, 0.1) is 5.92 Å². The zero-order chi connectivity index (χ0) is 13.1. The van der Waals surface area contributed by atoms with Crippen molar-refractivity contribution >= 4 is 11.6 Å². The van der Waals surface area contributed by atoms with E-state index in [-0.39, 0.29) is 0 Å². The van der Waals surface area contributed by atoms with E-state index < -0.39 is 0 Å². The van der Waals surface area contributed by atoms with Crippen LogP contribution in [0.15, 0.2) is 18.2 Å². The van der Waals surface area contributed by atoms with E-state index in [9.17, 15) is 0 Å². The van der Waals surface area contributed by atoms with E-state index in [2.05, 4.69) is 30.1 Å². The summed E-state index contributed by atoms with van der Waals surface area (Å²) in [5, 5.41) is 0.791. The lowest BCUT2D eigenvalue weighted by molar-refractivity contribution is 0.185. The van der Waals surface area contributed by atoms with E-state index in [0.717, 1.165) is 30.1 Å². The molecule has 0 aromatic heterocycles. The normalized spacial score (nSPS) is 24.7. The molecule has 4 heteroatoms. The minimum absolute atomic E-state index is 0.438. The van der Waals surface area contributed by atoms with Crippen molar-refractivity contribution < 1.29 is 4.74 Å². The third-order valence-corrected chi connectivity index (χ3v) is 4.08. The summed E-state index contributed by atoms with van der Waals surface area (Å²) in [6.45, 7) is 2.39. The van der Waals surface area contributed by atoms with Crippen molar-refractivity contribution in [1.29, 1.82) is 0 Å². The Balaban J connectivity index is 2.16. The Labute approximate surface area is 114 Å². The van der Waals surface area contributed by atoms with Crippen LogP contribution in [0.1, 0.15) is 23.6 Å². The number of likely N-dealkylation sites (tertiary alicyclic amines) is 1. The fraction of sp³-hybridized carbons (Fsp3) is 0.571. The predicted molar refractivity (Wildman–Crippen MR) is 74.7 cm³/mol. The summed E-state index contributed by atoms with van der Waals surface area (Å²) < 4.78 is 5.12. The Morgan fingerprint density at radius 2 is 2.28 bits per heavy atom. The SMILES string of the molecule is COCc1ccc(C2CC(CN)CN2C)cc1Cl. The number of ether oxygens (including phenoxy) is 1. The Bertz CT molecular complexity index is 411. The molecule has 2 rings (SSSR count). The van der Waals surface area contributed by atoms with Gasteiger partial charge in [-0.15, -0.1) is 0 Å². The van der Waals surface area contributed by atoms with E-state index in [1.54, 1.807) is 7.11 Å². The van der Waals surface area contributed by atoms with Crippen molar-refractivity contribution in [3.8, 4) is 0 Å². The minimum atomic E-state index is 0.438. The maximum absolute atomic E-state index is 6.28. The third-order valence-electron chi connectivity index (χ3n) is 3.73.